The second kappa shape index (κ2) is 13.7. The van der Waals surface area contributed by atoms with E-state index in [2.05, 4.69) is 34.5 Å². The summed E-state index contributed by atoms with van der Waals surface area (Å²) < 4.78 is 73.7. The lowest BCUT2D eigenvalue weighted by atomic mass is 9.90. The molecule has 0 saturated carbocycles. The molecule has 4 aliphatic heterocycles. The number of amides is 1. The van der Waals surface area contributed by atoms with Gasteiger partial charge in [-0.05, 0) is 45.2 Å². The van der Waals surface area contributed by atoms with E-state index in [-0.39, 0.29) is 49.0 Å². The van der Waals surface area contributed by atoms with Crippen molar-refractivity contribution in [2.45, 2.75) is 76.5 Å². The number of benzene rings is 1. The van der Waals surface area contributed by atoms with Gasteiger partial charge in [-0.15, -0.1) is 5.92 Å². The Bertz CT molecular complexity index is 2110. The second-order valence-electron chi connectivity index (χ2n) is 14.2. The molecule has 16 heteroatoms. The topological polar surface area (TPSA) is 139 Å². The smallest absolute Gasteiger partial charge is 0.418 e. The normalized spacial score (nSPS) is 21.2. The minimum Gasteiger partial charge on any atom is -0.461 e. The average molecular weight is 734 g/mol. The Kier molecular flexibility index (Phi) is 9.32. The van der Waals surface area contributed by atoms with Crippen LogP contribution in [0.3, 0.4) is 0 Å². The van der Waals surface area contributed by atoms with Gasteiger partial charge < -0.3 is 25.0 Å². The summed E-state index contributed by atoms with van der Waals surface area (Å²) in [6.45, 7) is 8.31. The van der Waals surface area contributed by atoms with Gasteiger partial charge in [0.05, 0.1) is 47.4 Å². The first-order chi connectivity index (χ1) is 25.2. The molecule has 2 aromatic heterocycles. The van der Waals surface area contributed by atoms with E-state index in [1.165, 1.54) is 11.8 Å². The lowest BCUT2D eigenvalue weighted by Crippen LogP contribution is -2.43. The Labute approximate surface area is 304 Å². The number of nitrogen functional groups attached to an aromatic ring is 1. The van der Waals surface area contributed by atoms with Crippen LogP contribution in [0.4, 0.5) is 29.1 Å². The zero-order valence-corrected chi connectivity index (χ0v) is 29.7. The number of halogens is 4. The van der Waals surface area contributed by atoms with Crippen LogP contribution < -0.4 is 15.4 Å². The summed E-state index contributed by atoms with van der Waals surface area (Å²) >= 11 is 0. The first-order valence-corrected chi connectivity index (χ1v) is 17.4. The van der Waals surface area contributed by atoms with Crippen molar-refractivity contribution in [3.05, 3.63) is 68.9 Å². The standard InChI is InChI=1S/C37H39F4N9O3/c1-5-8-22-13-25(43)31(38)29(30(22)37(39,40)41)28-14-26-24(19-52-28)33(45-35(44-26)53-20-36-9-6-11-49(36)17-21(2)15-36)48-10-7-12-50-27(18-48)23(16-42)32(46-50)34(51)47(3)4/h13,28H,2,6-7,9-12,14-15,17-20,43H2,1,3-4H3. The molecule has 3 aromatic rings. The van der Waals surface area contributed by atoms with Gasteiger partial charge >= 0.3 is 12.2 Å². The van der Waals surface area contributed by atoms with E-state index in [0.29, 0.717) is 42.3 Å². The highest BCUT2D eigenvalue weighted by Gasteiger charge is 2.47. The van der Waals surface area contributed by atoms with Gasteiger partial charge in [-0.1, -0.05) is 18.1 Å². The summed E-state index contributed by atoms with van der Waals surface area (Å²) in [5.74, 6) is 3.66. The maximum atomic E-state index is 15.7. The monoisotopic (exact) mass is 733 g/mol. The maximum Gasteiger partial charge on any atom is 0.418 e. The maximum absolute atomic E-state index is 15.7. The first-order valence-electron chi connectivity index (χ1n) is 17.4. The summed E-state index contributed by atoms with van der Waals surface area (Å²) in [6.07, 6.45) is -3.38. The fourth-order valence-corrected chi connectivity index (χ4v) is 8.10. The fraction of sp³-hybridized carbons (Fsp3) is 0.486. The van der Waals surface area contributed by atoms with E-state index >= 15 is 4.39 Å². The average Bonchev–Trinajstić information content (AvgIpc) is 3.70. The van der Waals surface area contributed by atoms with Crippen LogP contribution in [0.15, 0.2) is 18.2 Å². The third kappa shape index (κ3) is 6.44. The number of hydrogen-bond donors (Lipinski definition) is 1. The van der Waals surface area contributed by atoms with Crippen molar-refractivity contribution in [1.82, 2.24) is 29.5 Å². The molecule has 12 nitrogen and oxygen atoms in total. The summed E-state index contributed by atoms with van der Waals surface area (Å²) in [5, 5.41) is 14.6. The fourth-order valence-electron chi connectivity index (χ4n) is 8.10. The Hall–Kier alpha value is -5.19. The van der Waals surface area contributed by atoms with Gasteiger partial charge in [0.1, 0.15) is 24.1 Å². The van der Waals surface area contributed by atoms with Crippen molar-refractivity contribution < 1.29 is 31.8 Å². The van der Waals surface area contributed by atoms with Gasteiger partial charge in [-0.2, -0.15) is 33.5 Å². The summed E-state index contributed by atoms with van der Waals surface area (Å²) in [4.78, 5) is 28.1. The van der Waals surface area contributed by atoms with Gasteiger partial charge in [0, 0.05) is 56.8 Å². The molecule has 1 aromatic carbocycles. The highest BCUT2D eigenvalue weighted by Crippen LogP contribution is 2.45. The van der Waals surface area contributed by atoms with Crippen LogP contribution in [0.5, 0.6) is 6.01 Å². The molecule has 2 unspecified atom stereocenters. The number of carbonyl (C=O) groups is 1. The minimum atomic E-state index is -4.96. The van der Waals surface area contributed by atoms with Gasteiger partial charge in [-0.25, -0.2) is 4.39 Å². The minimum absolute atomic E-state index is 0.0153. The molecule has 1 amide bonds. The number of rotatable bonds is 6. The van der Waals surface area contributed by atoms with Crippen molar-refractivity contribution in [2.75, 3.05) is 51.0 Å². The summed E-state index contributed by atoms with van der Waals surface area (Å²) in [5.41, 5.74) is 5.37. The molecular formula is C37H39F4N9O3. The van der Waals surface area contributed by atoms with Gasteiger partial charge in [0.15, 0.2) is 11.5 Å². The van der Waals surface area contributed by atoms with E-state index in [4.69, 9.17) is 25.2 Å². The van der Waals surface area contributed by atoms with E-state index in [1.54, 1.807) is 18.8 Å². The molecule has 2 saturated heterocycles. The molecule has 53 heavy (non-hydrogen) atoms. The zero-order chi connectivity index (χ0) is 37.8. The second-order valence-corrected chi connectivity index (χ2v) is 14.2. The molecule has 7 rings (SSSR count). The van der Waals surface area contributed by atoms with Crippen molar-refractivity contribution in [2.24, 2.45) is 0 Å². The molecule has 278 valence electrons. The third-order valence-electron chi connectivity index (χ3n) is 10.5. The van der Waals surface area contributed by atoms with Crippen molar-refractivity contribution >= 4 is 17.4 Å². The van der Waals surface area contributed by atoms with E-state index in [0.717, 1.165) is 44.0 Å². The molecule has 4 aliphatic rings. The Morgan fingerprint density at radius 2 is 2.02 bits per heavy atom. The molecule has 2 atom stereocenters. The van der Waals surface area contributed by atoms with Crippen molar-refractivity contribution in [1.29, 1.82) is 5.26 Å². The molecule has 6 heterocycles. The van der Waals surface area contributed by atoms with E-state index < -0.39 is 46.4 Å². The number of fused-ring (bicyclic) bond motifs is 3. The number of ether oxygens (including phenoxy) is 2. The lowest BCUT2D eigenvalue weighted by molar-refractivity contribution is -0.140. The molecule has 2 fully saturated rings. The van der Waals surface area contributed by atoms with Crippen LogP contribution in [0.2, 0.25) is 0 Å². The van der Waals surface area contributed by atoms with Crippen LogP contribution >= 0.6 is 0 Å². The Balaban J connectivity index is 1.31. The van der Waals surface area contributed by atoms with Crippen molar-refractivity contribution in [3.63, 3.8) is 0 Å². The molecule has 0 radical (unpaired) electrons. The van der Waals surface area contributed by atoms with Crippen molar-refractivity contribution in [3.8, 4) is 23.9 Å². The number of nitrogens with two attached hydrogens (primary N) is 1. The molecule has 0 bridgehead atoms. The van der Waals surface area contributed by atoms with Crippen LogP contribution in [-0.4, -0.2) is 81.3 Å². The molecule has 2 N–H and O–H groups in total. The van der Waals surface area contributed by atoms with Gasteiger partial charge in [0.25, 0.3) is 5.91 Å². The highest BCUT2D eigenvalue weighted by molar-refractivity contribution is 5.94. The largest absolute Gasteiger partial charge is 0.461 e. The Morgan fingerprint density at radius 1 is 1.23 bits per heavy atom. The number of carbonyl (C=O) groups excluding carboxylic acids is 1. The van der Waals surface area contributed by atoms with E-state index in [1.807, 2.05) is 4.90 Å². The number of nitrogens with zero attached hydrogens (tertiary/aromatic N) is 8. The lowest BCUT2D eigenvalue weighted by Gasteiger charge is -2.33. The van der Waals surface area contributed by atoms with E-state index in [9.17, 15) is 23.2 Å². The first kappa shape index (κ1) is 36.2. The predicted octanol–water partition coefficient (Wildman–Crippen LogP) is 4.76. The number of hydrogen-bond acceptors (Lipinski definition) is 10. The summed E-state index contributed by atoms with van der Waals surface area (Å²) in [7, 11) is 3.17. The number of aromatic nitrogens is 4. The molecular weight excluding hydrogens is 694 g/mol. The van der Waals surface area contributed by atoms with Gasteiger partial charge in [0.2, 0.25) is 0 Å². The highest BCUT2D eigenvalue weighted by atomic mass is 19.4. The summed E-state index contributed by atoms with van der Waals surface area (Å²) in [6, 6.07) is 3.06. The zero-order valence-electron chi connectivity index (χ0n) is 29.7. The predicted molar refractivity (Wildman–Crippen MR) is 185 cm³/mol. The van der Waals surface area contributed by atoms with Crippen LogP contribution in [0.25, 0.3) is 0 Å². The third-order valence-corrected chi connectivity index (χ3v) is 10.5. The molecule has 0 spiro atoms. The van der Waals surface area contributed by atoms with Crippen LogP contribution in [-0.2, 0) is 37.0 Å². The molecule has 0 aliphatic carbocycles. The SMILES string of the molecule is C=C1CN2CCCC2(COc2nc3c(c(N4CCCn5nc(C(=O)N(C)C)c(C#N)c5C4)n2)COC(c2c(F)c(N)cc(C#CC)c2C(F)(F)F)C3)C1. The number of aryl methyl sites for hydroxylation is 1. The number of nitriles is 1. The quantitative estimate of drug-likeness (QED) is 0.164. The number of alkyl halides is 3. The number of anilines is 2. The van der Waals surface area contributed by atoms with Crippen LogP contribution in [0, 0.1) is 29.0 Å². The van der Waals surface area contributed by atoms with Gasteiger partial charge in [-0.3, -0.25) is 14.4 Å². The Morgan fingerprint density at radius 3 is 2.74 bits per heavy atom. The van der Waals surface area contributed by atoms with Crippen LogP contribution in [0.1, 0.15) is 88.4 Å².